The molecule has 1 aliphatic rings. The summed E-state index contributed by atoms with van der Waals surface area (Å²) < 4.78 is 2.57. The van der Waals surface area contributed by atoms with Gasteiger partial charge >= 0.3 is 0 Å². The molecule has 0 aliphatic carbocycles. The van der Waals surface area contributed by atoms with Crippen molar-refractivity contribution in [1.82, 2.24) is 25.1 Å². The minimum absolute atomic E-state index is 0.0875. The molecule has 1 saturated heterocycles. The number of hydrogen-bond donors (Lipinski definition) is 1. The molecule has 38 heavy (non-hydrogen) atoms. The summed E-state index contributed by atoms with van der Waals surface area (Å²) in [6, 6.07) is 23.1. The van der Waals surface area contributed by atoms with Gasteiger partial charge in [-0.05, 0) is 77.5 Å². The van der Waals surface area contributed by atoms with Gasteiger partial charge in [-0.1, -0.05) is 45.9 Å². The van der Waals surface area contributed by atoms with Crippen LogP contribution in [-0.4, -0.2) is 68.9 Å². The van der Waals surface area contributed by atoms with Gasteiger partial charge in [-0.15, -0.1) is 5.10 Å². The van der Waals surface area contributed by atoms with Crippen molar-refractivity contribution in [3.05, 3.63) is 88.4 Å². The molecule has 3 aromatic carbocycles. The Morgan fingerprint density at radius 3 is 2.32 bits per heavy atom. The number of rotatable bonds is 7. The number of piperazine rings is 1. The monoisotopic (exact) mass is 591 g/mol. The summed E-state index contributed by atoms with van der Waals surface area (Å²) in [5.74, 6) is 0.121. The SMILES string of the molecule is Cc1ccccc1C(=O)N1CCN(c2ccc(NC(=O)CSc3nnnn3-c3ccc(Br)cc3)cc2)CC1. The highest BCUT2D eigenvalue weighted by Crippen LogP contribution is 2.23. The number of carbonyl (C=O) groups excluding carboxylic acids is 2. The molecule has 194 valence electrons. The zero-order valence-corrected chi connectivity index (χ0v) is 23.2. The van der Waals surface area contributed by atoms with E-state index in [0.717, 1.165) is 45.8 Å². The molecule has 1 N–H and O–H groups in total. The molecular weight excluding hydrogens is 566 g/mol. The summed E-state index contributed by atoms with van der Waals surface area (Å²) in [6.07, 6.45) is 0. The molecule has 1 aromatic heterocycles. The second-order valence-electron chi connectivity index (χ2n) is 8.83. The number of carbonyl (C=O) groups is 2. The molecule has 9 nitrogen and oxygen atoms in total. The molecule has 0 saturated carbocycles. The molecule has 1 fully saturated rings. The molecule has 0 bridgehead atoms. The van der Waals surface area contributed by atoms with E-state index in [-0.39, 0.29) is 17.6 Å². The Hall–Kier alpha value is -3.70. The maximum atomic E-state index is 12.9. The van der Waals surface area contributed by atoms with Crippen LogP contribution < -0.4 is 10.2 Å². The summed E-state index contributed by atoms with van der Waals surface area (Å²) in [6.45, 7) is 4.82. The molecule has 1 aliphatic heterocycles. The van der Waals surface area contributed by atoms with Crippen molar-refractivity contribution >= 4 is 50.9 Å². The number of aryl methyl sites for hydroxylation is 1. The molecular formula is C27H26BrN7O2S. The highest BCUT2D eigenvalue weighted by atomic mass is 79.9. The lowest BCUT2D eigenvalue weighted by Crippen LogP contribution is -2.48. The highest BCUT2D eigenvalue weighted by molar-refractivity contribution is 9.10. The van der Waals surface area contributed by atoms with Crippen LogP contribution in [0.25, 0.3) is 5.69 Å². The second-order valence-corrected chi connectivity index (χ2v) is 10.7. The van der Waals surface area contributed by atoms with Gasteiger partial charge in [0.1, 0.15) is 0 Å². The van der Waals surface area contributed by atoms with Gasteiger partial charge in [0, 0.05) is 47.6 Å². The van der Waals surface area contributed by atoms with Crippen LogP contribution in [0.15, 0.2) is 82.4 Å². The maximum Gasteiger partial charge on any atom is 0.254 e. The third kappa shape index (κ3) is 6.05. The Kier molecular flexibility index (Phi) is 8.04. The number of halogens is 1. The van der Waals surface area contributed by atoms with Gasteiger partial charge in [0.15, 0.2) is 0 Å². The van der Waals surface area contributed by atoms with Crippen molar-refractivity contribution < 1.29 is 9.59 Å². The number of nitrogens with zero attached hydrogens (tertiary/aromatic N) is 6. The lowest BCUT2D eigenvalue weighted by molar-refractivity contribution is -0.113. The standard InChI is InChI=1S/C27H26BrN7O2S/c1-19-4-2-3-5-24(19)26(37)34-16-14-33(15-17-34)22-12-8-21(9-13-22)29-25(36)18-38-27-30-31-32-35(27)23-10-6-20(28)7-11-23/h2-13H,14-18H2,1H3,(H,29,36). The normalized spacial score (nSPS) is 13.4. The fourth-order valence-corrected chi connectivity index (χ4v) is 5.20. The number of amides is 2. The van der Waals surface area contributed by atoms with Crippen LogP contribution in [0.2, 0.25) is 0 Å². The van der Waals surface area contributed by atoms with Crippen LogP contribution in [-0.2, 0) is 4.79 Å². The lowest BCUT2D eigenvalue weighted by atomic mass is 10.1. The van der Waals surface area contributed by atoms with Gasteiger partial charge in [-0.3, -0.25) is 9.59 Å². The zero-order valence-electron chi connectivity index (χ0n) is 20.7. The Balaban J connectivity index is 1.11. The summed E-state index contributed by atoms with van der Waals surface area (Å²) in [7, 11) is 0. The highest BCUT2D eigenvalue weighted by Gasteiger charge is 2.23. The predicted octanol–water partition coefficient (Wildman–Crippen LogP) is 4.43. The van der Waals surface area contributed by atoms with E-state index in [0.29, 0.717) is 18.2 Å². The molecule has 0 unspecified atom stereocenters. The van der Waals surface area contributed by atoms with E-state index >= 15 is 0 Å². The smallest absolute Gasteiger partial charge is 0.254 e. The first-order valence-corrected chi connectivity index (χ1v) is 13.9. The zero-order chi connectivity index (χ0) is 26.5. The first kappa shape index (κ1) is 25.9. The van der Waals surface area contributed by atoms with Crippen LogP contribution in [0.1, 0.15) is 15.9 Å². The van der Waals surface area contributed by atoms with Gasteiger partial charge in [-0.25, -0.2) is 0 Å². The fraction of sp³-hybridized carbons (Fsp3) is 0.222. The Labute approximate surface area is 233 Å². The second kappa shape index (κ2) is 11.8. The van der Waals surface area contributed by atoms with E-state index in [4.69, 9.17) is 0 Å². The fourth-order valence-electron chi connectivity index (χ4n) is 4.25. The van der Waals surface area contributed by atoms with Crippen LogP contribution >= 0.6 is 27.7 Å². The third-order valence-corrected chi connectivity index (χ3v) is 7.75. The Morgan fingerprint density at radius 1 is 0.921 bits per heavy atom. The summed E-state index contributed by atoms with van der Waals surface area (Å²) >= 11 is 4.69. The topological polar surface area (TPSA) is 96.2 Å². The van der Waals surface area contributed by atoms with Gasteiger partial charge in [0.25, 0.3) is 5.91 Å². The molecule has 2 amide bonds. The van der Waals surface area contributed by atoms with Crippen molar-refractivity contribution in [2.75, 3.05) is 42.1 Å². The van der Waals surface area contributed by atoms with E-state index in [9.17, 15) is 9.59 Å². The number of nitrogens with one attached hydrogen (secondary N) is 1. The third-order valence-electron chi connectivity index (χ3n) is 6.30. The van der Waals surface area contributed by atoms with E-state index in [1.54, 1.807) is 4.68 Å². The van der Waals surface area contributed by atoms with Crippen LogP contribution in [0.5, 0.6) is 0 Å². The molecule has 0 spiro atoms. The Bertz CT molecular complexity index is 1420. The molecule has 0 radical (unpaired) electrons. The quantitative estimate of drug-likeness (QED) is 0.318. The minimum atomic E-state index is -0.142. The van der Waals surface area contributed by atoms with Crippen LogP contribution in [0.3, 0.4) is 0 Å². The van der Waals surface area contributed by atoms with Crippen molar-refractivity contribution in [1.29, 1.82) is 0 Å². The summed E-state index contributed by atoms with van der Waals surface area (Å²) in [5, 5.41) is 15.3. The molecule has 5 rings (SSSR count). The predicted molar refractivity (Wildman–Crippen MR) is 152 cm³/mol. The van der Waals surface area contributed by atoms with Crippen molar-refractivity contribution in [2.24, 2.45) is 0 Å². The number of hydrogen-bond acceptors (Lipinski definition) is 7. The lowest BCUT2D eigenvalue weighted by Gasteiger charge is -2.36. The largest absolute Gasteiger partial charge is 0.368 e. The minimum Gasteiger partial charge on any atom is -0.368 e. The van der Waals surface area contributed by atoms with E-state index < -0.39 is 0 Å². The Morgan fingerprint density at radius 2 is 1.61 bits per heavy atom. The summed E-state index contributed by atoms with van der Waals surface area (Å²) in [5.41, 5.74) is 4.37. The van der Waals surface area contributed by atoms with Gasteiger partial charge in [0.2, 0.25) is 11.1 Å². The molecule has 2 heterocycles. The average Bonchev–Trinajstić information content (AvgIpc) is 3.41. The van der Waals surface area contributed by atoms with Gasteiger partial charge < -0.3 is 15.1 Å². The van der Waals surface area contributed by atoms with Crippen molar-refractivity contribution in [2.45, 2.75) is 12.1 Å². The molecule has 4 aromatic rings. The number of aromatic nitrogens is 4. The van der Waals surface area contributed by atoms with Crippen molar-refractivity contribution in [3.63, 3.8) is 0 Å². The average molecular weight is 593 g/mol. The van der Waals surface area contributed by atoms with Crippen molar-refractivity contribution in [3.8, 4) is 5.69 Å². The molecule has 0 atom stereocenters. The van der Waals surface area contributed by atoms with Gasteiger partial charge in [-0.2, -0.15) is 4.68 Å². The number of benzene rings is 3. The number of anilines is 2. The number of thioether (sulfide) groups is 1. The first-order chi connectivity index (χ1) is 18.5. The van der Waals surface area contributed by atoms with Gasteiger partial charge in [0.05, 0.1) is 11.4 Å². The van der Waals surface area contributed by atoms with Crippen LogP contribution in [0.4, 0.5) is 11.4 Å². The van der Waals surface area contributed by atoms with E-state index in [2.05, 4.69) is 41.7 Å². The van der Waals surface area contributed by atoms with E-state index in [1.165, 1.54) is 11.8 Å². The van der Waals surface area contributed by atoms with E-state index in [1.807, 2.05) is 84.6 Å². The molecule has 11 heteroatoms. The maximum absolute atomic E-state index is 12.9. The summed E-state index contributed by atoms with van der Waals surface area (Å²) in [4.78, 5) is 29.6. The first-order valence-electron chi connectivity index (χ1n) is 12.1. The van der Waals surface area contributed by atoms with Crippen LogP contribution in [0, 0.1) is 6.92 Å². The number of tetrazole rings is 1.